The summed E-state index contributed by atoms with van der Waals surface area (Å²) in [7, 11) is 0. The molecule has 25 heavy (non-hydrogen) atoms. The van der Waals surface area contributed by atoms with Crippen LogP contribution in [0.15, 0.2) is 83.9 Å². The van der Waals surface area contributed by atoms with Crippen molar-refractivity contribution in [3.05, 3.63) is 84.4 Å². The third-order valence-corrected chi connectivity index (χ3v) is 3.41. The summed E-state index contributed by atoms with van der Waals surface area (Å²) < 4.78 is 5.75. The van der Waals surface area contributed by atoms with Crippen LogP contribution in [0, 0.1) is 0 Å². The maximum Gasteiger partial charge on any atom is 0.221 e. The van der Waals surface area contributed by atoms with Gasteiger partial charge in [0.05, 0.1) is 5.69 Å². The molecule has 3 aromatic carbocycles. The van der Waals surface area contributed by atoms with E-state index < -0.39 is 0 Å². The van der Waals surface area contributed by atoms with Crippen LogP contribution in [-0.4, -0.2) is 12.1 Å². The summed E-state index contributed by atoms with van der Waals surface area (Å²) in [4.78, 5) is 15.5. The van der Waals surface area contributed by atoms with E-state index in [2.05, 4.69) is 10.3 Å². The maximum atomic E-state index is 11.0. The van der Waals surface area contributed by atoms with Crippen molar-refractivity contribution in [1.29, 1.82) is 0 Å². The summed E-state index contributed by atoms with van der Waals surface area (Å²) in [5, 5.41) is 2.73. The first-order chi connectivity index (χ1) is 12.2. The molecule has 4 heteroatoms. The highest BCUT2D eigenvalue weighted by molar-refractivity contribution is 5.89. The van der Waals surface area contributed by atoms with Gasteiger partial charge in [0.25, 0.3) is 0 Å². The van der Waals surface area contributed by atoms with Gasteiger partial charge in [0, 0.05) is 18.8 Å². The fourth-order valence-corrected chi connectivity index (χ4v) is 2.23. The minimum absolute atomic E-state index is 0.0840. The van der Waals surface area contributed by atoms with Gasteiger partial charge in [-0.25, -0.2) is 0 Å². The van der Waals surface area contributed by atoms with Crippen LogP contribution in [-0.2, 0) is 4.79 Å². The zero-order chi connectivity index (χ0) is 17.5. The van der Waals surface area contributed by atoms with E-state index in [1.54, 1.807) is 6.21 Å². The Labute approximate surface area is 146 Å². The summed E-state index contributed by atoms with van der Waals surface area (Å²) in [6.07, 6.45) is 1.78. The zero-order valence-corrected chi connectivity index (χ0v) is 13.8. The van der Waals surface area contributed by atoms with Crippen molar-refractivity contribution in [3.63, 3.8) is 0 Å². The molecule has 3 aromatic rings. The Balaban J connectivity index is 1.62. The van der Waals surface area contributed by atoms with Gasteiger partial charge in [0.2, 0.25) is 5.91 Å². The Bertz CT molecular complexity index is 855. The largest absolute Gasteiger partial charge is 0.457 e. The summed E-state index contributed by atoms with van der Waals surface area (Å²) in [6.45, 7) is 1.49. The Morgan fingerprint density at radius 3 is 2.16 bits per heavy atom. The Morgan fingerprint density at radius 1 is 0.880 bits per heavy atom. The number of hydrogen-bond acceptors (Lipinski definition) is 3. The Morgan fingerprint density at radius 2 is 1.52 bits per heavy atom. The smallest absolute Gasteiger partial charge is 0.221 e. The molecule has 0 saturated carbocycles. The lowest BCUT2D eigenvalue weighted by Gasteiger charge is -2.05. The summed E-state index contributed by atoms with van der Waals surface area (Å²) in [5.41, 5.74) is 2.57. The van der Waals surface area contributed by atoms with Crippen LogP contribution in [0.5, 0.6) is 11.5 Å². The van der Waals surface area contributed by atoms with E-state index in [9.17, 15) is 4.79 Å². The van der Waals surface area contributed by atoms with E-state index >= 15 is 0 Å². The van der Waals surface area contributed by atoms with Gasteiger partial charge in [0.15, 0.2) is 0 Å². The van der Waals surface area contributed by atoms with Crippen LogP contribution < -0.4 is 10.1 Å². The molecule has 0 radical (unpaired) electrons. The molecule has 0 atom stereocenters. The van der Waals surface area contributed by atoms with Crippen molar-refractivity contribution in [3.8, 4) is 11.5 Å². The lowest BCUT2D eigenvalue weighted by molar-refractivity contribution is -0.114. The number of anilines is 1. The van der Waals surface area contributed by atoms with Crippen LogP contribution in [0.3, 0.4) is 0 Å². The molecule has 0 aliphatic rings. The number of para-hydroxylation sites is 1. The second-order valence-electron chi connectivity index (χ2n) is 5.47. The number of rotatable bonds is 5. The summed E-state index contributed by atoms with van der Waals surface area (Å²) in [5.74, 6) is 1.49. The SMILES string of the molecule is CC(=O)Nc1ccc(C=Nc2ccc(Oc3ccccc3)cc2)cc1. The molecule has 0 fully saturated rings. The number of nitrogens with one attached hydrogen (secondary N) is 1. The second-order valence-corrected chi connectivity index (χ2v) is 5.47. The average Bonchev–Trinajstić information content (AvgIpc) is 2.63. The van der Waals surface area contributed by atoms with Crippen molar-refractivity contribution >= 4 is 23.5 Å². The highest BCUT2D eigenvalue weighted by atomic mass is 16.5. The van der Waals surface area contributed by atoms with Gasteiger partial charge in [-0.2, -0.15) is 0 Å². The molecule has 0 aliphatic heterocycles. The van der Waals surface area contributed by atoms with Gasteiger partial charge in [-0.05, 0) is 54.1 Å². The number of amides is 1. The van der Waals surface area contributed by atoms with E-state index in [1.165, 1.54) is 6.92 Å². The minimum atomic E-state index is -0.0840. The number of benzene rings is 3. The van der Waals surface area contributed by atoms with Crippen molar-refractivity contribution in [2.75, 3.05) is 5.32 Å². The molecule has 4 nitrogen and oxygen atoms in total. The van der Waals surface area contributed by atoms with Gasteiger partial charge in [-0.3, -0.25) is 9.79 Å². The fraction of sp³-hybridized carbons (Fsp3) is 0.0476. The molecule has 1 amide bonds. The number of aliphatic imine (C=N–C) groups is 1. The number of ether oxygens (including phenoxy) is 1. The van der Waals surface area contributed by atoms with Gasteiger partial charge < -0.3 is 10.1 Å². The molecule has 0 bridgehead atoms. The normalized spacial score (nSPS) is 10.6. The van der Waals surface area contributed by atoms with Crippen molar-refractivity contribution < 1.29 is 9.53 Å². The van der Waals surface area contributed by atoms with Gasteiger partial charge in [-0.15, -0.1) is 0 Å². The standard InChI is InChI=1S/C21H18N2O2/c1-16(24)23-19-9-7-17(8-10-19)15-22-18-11-13-21(14-12-18)25-20-5-3-2-4-6-20/h2-15H,1H3,(H,23,24). The average molecular weight is 330 g/mol. The Kier molecular flexibility index (Phi) is 5.22. The van der Waals surface area contributed by atoms with Gasteiger partial charge in [-0.1, -0.05) is 30.3 Å². The third kappa shape index (κ3) is 5.04. The molecule has 3 rings (SSSR count). The molecule has 124 valence electrons. The number of hydrogen-bond donors (Lipinski definition) is 1. The fourth-order valence-electron chi connectivity index (χ4n) is 2.23. The first-order valence-electron chi connectivity index (χ1n) is 7.94. The molecule has 0 aromatic heterocycles. The highest BCUT2D eigenvalue weighted by Gasteiger charge is 1.97. The highest BCUT2D eigenvalue weighted by Crippen LogP contribution is 2.23. The predicted octanol–water partition coefficient (Wildman–Crippen LogP) is 5.19. The van der Waals surface area contributed by atoms with Crippen LogP contribution in [0.2, 0.25) is 0 Å². The molecule has 0 heterocycles. The monoisotopic (exact) mass is 330 g/mol. The molecular weight excluding hydrogens is 312 g/mol. The van der Waals surface area contributed by atoms with Gasteiger partial charge in [0.1, 0.15) is 11.5 Å². The molecule has 1 N–H and O–H groups in total. The molecule has 0 spiro atoms. The predicted molar refractivity (Wildman–Crippen MR) is 101 cm³/mol. The van der Waals surface area contributed by atoms with Crippen LogP contribution in [0.25, 0.3) is 0 Å². The summed E-state index contributed by atoms with van der Waals surface area (Å²) in [6, 6.07) is 24.7. The minimum Gasteiger partial charge on any atom is -0.457 e. The molecule has 0 unspecified atom stereocenters. The lowest BCUT2D eigenvalue weighted by atomic mass is 10.2. The lowest BCUT2D eigenvalue weighted by Crippen LogP contribution is -2.05. The number of carbonyl (C=O) groups excluding carboxylic acids is 1. The zero-order valence-electron chi connectivity index (χ0n) is 13.8. The van der Waals surface area contributed by atoms with Crippen molar-refractivity contribution in [2.45, 2.75) is 6.92 Å². The third-order valence-electron chi connectivity index (χ3n) is 3.41. The maximum absolute atomic E-state index is 11.0. The van der Waals surface area contributed by atoms with Crippen LogP contribution in [0.1, 0.15) is 12.5 Å². The van der Waals surface area contributed by atoms with E-state index in [-0.39, 0.29) is 5.91 Å². The van der Waals surface area contributed by atoms with Gasteiger partial charge >= 0.3 is 0 Å². The van der Waals surface area contributed by atoms with Crippen molar-refractivity contribution in [2.24, 2.45) is 4.99 Å². The first-order valence-corrected chi connectivity index (χ1v) is 7.94. The van der Waals surface area contributed by atoms with E-state index in [0.717, 1.165) is 28.4 Å². The van der Waals surface area contributed by atoms with E-state index in [4.69, 9.17) is 4.74 Å². The molecular formula is C21H18N2O2. The number of nitrogens with zero attached hydrogens (tertiary/aromatic N) is 1. The quantitative estimate of drug-likeness (QED) is 0.655. The molecule has 0 saturated heterocycles. The first kappa shape index (κ1) is 16.5. The topological polar surface area (TPSA) is 50.7 Å². The molecule has 0 aliphatic carbocycles. The van der Waals surface area contributed by atoms with Crippen LogP contribution in [0.4, 0.5) is 11.4 Å². The second kappa shape index (κ2) is 7.93. The summed E-state index contributed by atoms with van der Waals surface area (Å²) >= 11 is 0. The van der Waals surface area contributed by atoms with E-state index in [1.807, 2.05) is 78.9 Å². The van der Waals surface area contributed by atoms with Crippen molar-refractivity contribution in [1.82, 2.24) is 0 Å². The number of carbonyl (C=O) groups is 1. The Hall–Kier alpha value is -3.40. The van der Waals surface area contributed by atoms with Crippen LogP contribution >= 0.6 is 0 Å². The van der Waals surface area contributed by atoms with E-state index in [0.29, 0.717) is 0 Å².